The molecule has 0 aromatic heterocycles. The van der Waals surface area contributed by atoms with E-state index in [0.29, 0.717) is 0 Å². The predicted octanol–water partition coefficient (Wildman–Crippen LogP) is 2.63. The molecule has 0 aromatic carbocycles. The molecule has 0 saturated heterocycles. The maximum atomic E-state index is 11.4. The maximum Gasteiger partial charge on any atom is 0.325 e. The summed E-state index contributed by atoms with van der Waals surface area (Å²) in [6.07, 6.45) is 5.73. The highest BCUT2D eigenvalue weighted by Crippen LogP contribution is 2.10. The molecule has 0 spiro atoms. The van der Waals surface area contributed by atoms with Crippen LogP contribution in [0.2, 0.25) is 0 Å². The SMILES string of the molecule is CCCCCCC(C)OC(=O)C(C)(C)N. The van der Waals surface area contributed by atoms with Gasteiger partial charge in [0, 0.05) is 0 Å². The minimum atomic E-state index is -0.877. The lowest BCUT2D eigenvalue weighted by atomic mass is 10.1. The molecule has 0 radical (unpaired) electrons. The molecule has 1 atom stereocenters. The summed E-state index contributed by atoms with van der Waals surface area (Å²) in [4.78, 5) is 11.4. The quantitative estimate of drug-likeness (QED) is 0.524. The predicted molar refractivity (Wildman–Crippen MR) is 62.6 cm³/mol. The first-order valence-electron chi connectivity index (χ1n) is 5.88. The van der Waals surface area contributed by atoms with Crippen molar-refractivity contribution in [3.05, 3.63) is 0 Å². The van der Waals surface area contributed by atoms with Gasteiger partial charge < -0.3 is 10.5 Å². The van der Waals surface area contributed by atoms with E-state index in [1.807, 2.05) is 6.92 Å². The van der Waals surface area contributed by atoms with Crippen LogP contribution in [-0.4, -0.2) is 17.6 Å². The Balaban J connectivity index is 3.65. The number of hydrogen-bond donors (Lipinski definition) is 1. The van der Waals surface area contributed by atoms with Crippen molar-refractivity contribution in [2.24, 2.45) is 5.73 Å². The van der Waals surface area contributed by atoms with Gasteiger partial charge in [-0.3, -0.25) is 4.79 Å². The van der Waals surface area contributed by atoms with Crippen molar-refractivity contribution in [1.82, 2.24) is 0 Å². The Morgan fingerprint density at radius 3 is 2.40 bits per heavy atom. The Hall–Kier alpha value is -0.570. The first kappa shape index (κ1) is 14.4. The number of rotatable bonds is 7. The van der Waals surface area contributed by atoms with Crippen molar-refractivity contribution in [2.45, 2.75) is 71.4 Å². The Labute approximate surface area is 93.4 Å². The Morgan fingerprint density at radius 2 is 1.93 bits per heavy atom. The van der Waals surface area contributed by atoms with Crippen LogP contribution in [0, 0.1) is 0 Å². The molecule has 0 amide bonds. The third-order valence-electron chi connectivity index (χ3n) is 2.30. The van der Waals surface area contributed by atoms with E-state index in [2.05, 4.69) is 6.92 Å². The number of carbonyl (C=O) groups is 1. The fourth-order valence-corrected chi connectivity index (χ4v) is 1.25. The second-order valence-corrected chi connectivity index (χ2v) is 4.79. The van der Waals surface area contributed by atoms with E-state index in [1.165, 1.54) is 19.3 Å². The van der Waals surface area contributed by atoms with Crippen LogP contribution in [0.4, 0.5) is 0 Å². The van der Waals surface area contributed by atoms with Crippen molar-refractivity contribution in [2.75, 3.05) is 0 Å². The van der Waals surface area contributed by atoms with Gasteiger partial charge in [-0.2, -0.15) is 0 Å². The first-order valence-corrected chi connectivity index (χ1v) is 5.88. The molecule has 0 aromatic rings. The van der Waals surface area contributed by atoms with Crippen LogP contribution in [0.25, 0.3) is 0 Å². The molecule has 1 unspecified atom stereocenters. The van der Waals surface area contributed by atoms with Crippen LogP contribution >= 0.6 is 0 Å². The lowest BCUT2D eigenvalue weighted by Gasteiger charge is -2.20. The number of esters is 1. The fourth-order valence-electron chi connectivity index (χ4n) is 1.25. The van der Waals surface area contributed by atoms with Gasteiger partial charge in [-0.1, -0.05) is 26.2 Å². The van der Waals surface area contributed by atoms with Gasteiger partial charge in [-0.25, -0.2) is 0 Å². The van der Waals surface area contributed by atoms with Gasteiger partial charge in [0.15, 0.2) is 0 Å². The van der Waals surface area contributed by atoms with Crippen molar-refractivity contribution >= 4 is 5.97 Å². The lowest BCUT2D eigenvalue weighted by molar-refractivity contribution is -0.153. The van der Waals surface area contributed by atoms with Gasteiger partial charge in [-0.05, 0) is 33.6 Å². The zero-order valence-electron chi connectivity index (χ0n) is 10.5. The Bertz CT molecular complexity index is 185. The molecule has 0 fully saturated rings. The third kappa shape index (κ3) is 7.37. The number of carbonyl (C=O) groups excluding carboxylic acids is 1. The summed E-state index contributed by atoms with van der Waals surface area (Å²) in [6.45, 7) is 7.44. The number of hydrogen-bond acceptors (Lipinski definition) is 3. The van der Waals surface area contributed by atoms with Crippen LogP contribution in [-0.2, 0) is 9.53 Å². The van der Waals surface area contributed by atoms with E-state index in [9.17, 15) is 4.79 Å². The normalized spacial score (nSPS) is 13.7. The standard InChI is InChI=1S/C12H25NO2/c1-5-6-7-8-9-10(2)15-11(14)12(3,4)13/h10H,5-9,13H2,1-4H3. The topological polar surface area (TPSA) is 52.3 Å². The van der Waals surface area contributed by atoms with Crippen LogP contribution in [0.15, 0.2) is 0 Å². The van der Waals surface area contributed by atoms with E-state index in [0.717, 1.165) is 12.8 Å². The highest BCUT2D eigenvalue weighted by Gasteiger charge is 2.25. The smallest absolute Gasteiger partial charge is 0.325 e. The summed E-state index contributed by atoms with van der Waals surface area (Å²) in [5.74, 6) is -0.314. The molecule has 0 rings (SSSR count). The van der Waals surface area contributed by atoms with Crippen molar-refractivity contribution in [1.29, 1.82) is 0 Å². The fraction of sp³-hybridized carbons (Fsp3) is 0.917. The van der Waals surface area contributed by atoms with E-state index < -0.39 is 5.54 Å². The van der Waals surface area contributed by atoms with E-state index in [1.54, 1.807) is 13.8 Å². The number of nitrogens with two attached hydrogens (primary N) is 1. The largest absolute Gasteiger partial charge is 0.461 e. The molecular weight excluding hydrogens is 190 g/mol. The highest BCUT2D eigenvalue weighted by molar-refractivity contribution is 5.79. The summed E-state index contributed by atoms with van der Waals surface area (Å²) in [5.41, 5.74) is 4.75. The molecule has 15 heavy (non-hydrogen) atoms. The molecule has 0 bridgehead atoms. The van der Waals surface area contributed by atoms with Gasteiger partial charge in [0.05, 0.1) is 6.10 Å². The third-order valence-corrected chi connectivity index (χ3v) is 2.30. The second kappa shape index (κ2) is 6.83. The molecule has 0 aliphatic carbocycles. The molecule has 0 aliphatic rings. The average Bonchev–Trinajstić information content (AvgIpc) is 2.11. The molecule has 3 nitrogen and oxygen atoms in total. The van der Waals surface area contributed by atoms with Crippen molar-refractivity contribution in [3.8, 4) is 0 Å². The average molecular weight is 215 g/mol. The minimum absolute atomic E-state index is 0.0165. The minimum Gasteiger partial charge on any atom is -0.461 e. The monoisotopic (exact) mass is 215 g/mol. The summed E-state index contributed by atoms with van der Waals surface area (Å²) in [5, 5.41) is 0. The van der Waals surface area contributed by atoms with Gasteiger partial charge in [-0.15, -0.1) is 0 Å². The Kier molecular flexibility index (Phi) is 6.57. The molecule has 0 aliphatic heterocycles. The highest BCUT2D eigenvalue weighted by atomic mass is 16.5. The van der Waals surface area contributed by atoms with E-state index >= 15 is 0 Å². The zero-order valence-corrected chi connectivity index (χ0v) is 10.5. The summed E-state index contributed by atoms with van der Waals surface area (Å²) in [6, 6.07) is 0. The van der Waals surface area contributed by atoms with Crippen LogP contribution < -0.4 is 5.73 Å². The molecule has 0 heterocycles. The lowest BCUT2D eigenvalue weighted by Crippen LogP contribution is -2.44. The van der Waals surface area contributed by atoms with Crippen LogP contribution in [0.1, 0.15) is 59.8 Å². The molecular formula is C12H25NO2. The maximum absolute atomic E-state index is 11.4. The van der Waals surface area contributed by atoms with Gasteiger partial charge in [0.2, 0.25) is 0 Å². The molecule has 0 saturated carbocycles. The van der Waals surface area contributed by atoms with Crippen LogP contribution in [0.5, 0.6) is 0 Å². The van der Waals surface area contributed by atoms with E-state index in [4.69, 9.17) is 10.5 Å². The Morgan fingerprint density at radius 1 is 1.33 bits per heavy atom. The summed E-state index contributed by atoms with van der Waals surface area (Å²) >= 11 is 0. The summed E-state index contributed by atoms with van der Waals surface area (Å²) in [7, 11) is 0. The van der Waals surface area contributed by atoms with Crippen molar-refractivity contribution in [3.63, 3.8) is 0 Å². The van der Waals surface area contributed by atoms with Gasteiger partial charge in [0.1, 0.15) is 5.54 Å². The molecule has 2 N–H and O–H groups in total. The number of unbranched alkanes of at least 4 members (excludes halogenated alkanes) is 3. The molecule has 3 heteroatoms. The number of ether oxygens (including phenoxy) is 1. The van der Waals surface area contributed by atoms with Crippen molar-refractivity contribution < 1.29 is 9.53 Å². The van der Waals surface area contributed by atoms with Crippen LogP contribution in [0.3, 0.4) is 0 Å². The zero-order chi connectivity index (χ0) is 11.9. The first-order chi connectivity index (χ1) is 6.88. The second-order valence-electron chi connectivity index (χ2n) is 4.79. The summed E-state index contributed by atoms with van der Waals surface area (Å²) < 4.78 is 5.23. The van der Waals surface area contributed by atoms with Gasteiger partial charge in [0.25, 0.3) is 0 Å². The van der Waals surface area contributed by atoms with E-state index in [-0.39, 0.29) is 12.1 Å². The van der Waals surface area contributed by atoms with Gasteiger partial charge >= 0.3 is 5.97 Å². The molecule has 90 valence electrons.